The fourth-order valence-corrected chi connectivity index (χ4v) is 4.03. The summed E-state index contributed by atoms with van der Waals surface area (Å²) in [5, 5.41) is 11.0. The number of halogens is 1. The molecule has 0 bridgehead atoms. The van der Waals surface area contributed by atoms with E-state index in [1.807, 2.05) is 44.2 Å². The molecular formula is C23H23ClN4O3. The van der Waals surface area contributed by atoms with Gasteiger partial charge < -0.3 is 15.4 Å². The van der Waals surface area contributed by atoms with Crippen LogP contribution in [-0.4, -0.2) is 28.7 Å². The summed E-state index contributed by atoms with van der Waals surface area (Å²) in [5.74, 6) is 0.0376. The number of methoxy groups -OCH3 is 1. The van der Waals surface area contributed by atoms with Crippen LogP contribution in [-0.2, 0) is 20.9 Å². The lowest BCUT2D eigenvalue weighted by Crippen LogP contribution is -2.24. The summed E-state index contributed by atoms with van der Waals surface area (Å²) in [4.78, 5) is 25.4. The van der Waals surface area contributed by atoms with Crippen molar-refractivity contribution >= 4 is 34.9 Å². The number of carbonyl (C=O) groups is 2. The second kappa shape index (κ2) is 8.53. The molecule has 0 radical (unpaired) electrons. The van der Waals surface area contributed by atoms with Crippen molar-refractivity contribution in [2.75, 3.05) is 17.7 Å². The number of ether oxygens (including phenoxy) is 1. The van der Waals surface area contributed by atoms with Crippen LogP contribution >= 0.6 is 11.6 Å². The standard InChI is InChI=1S/C23H23ClN4O3/c1-13-8-14(2)10-17(9-13)25-20(29)11-19-23(30)26-22-21(15-4-6-16(24)7-5-15)18(12-31-3)27-28(19)22/h4-10,19H,11-12H2,1-3H3,(H,25,29)(H,26,30). The van der Waals surface area contributed by atoms with Gasteiger partial charge in [0, 0.05) is 23.4 Å². The van der Waals surface area contributed by atoms with Crippen molar-refractivity contribution in [2.24, 2.45) is 0 Å². The van der Waals surface area contributed by atoms with E-state index in [9.17, 15) is 9.59 Å². The molecule has 0 saturated carbocycles. The Bertz CT molecular complexity index is 1130. The van der Waals surface area contributed by atoms with Gasteiger partial charge >= 0.3 is 0 Å². The molecular weight excluding hydrogens is 416 g/mol. The largest absolute Gasteiger partial charge is 0.378 e. The summed E-state index contributed by atoms with van der Waals surface area (Å²) in [7, 11) is 1.59. The summed E-state index contributed by atoms with van der Waals surface area (Å²) < 4.78 is 6.89. The van der Waals surface area contributed by atoms with Crippen molar-refractivity contribution in [3.05, 3.63) is 64.3 Å². The van der Waals surface area contributed by atoms with E-state index < -0.39 is 6.04 Å². The fourth-order valence-electron chi connectivity index (χ4n) is 3.91. The maximum absolute atomic E-state index is 12.7. The maximum atomic E-state index is 12.7. The van der Waals surface area contributed by atoms with E-state index in [1.54, 1.807) is 23.9 Å². The van der Waals surface area contributed by atoms with E-state index in [0.29, 0.717) is 22.2 Å². The summed E-state index contributed by atoms with van der Waals surface area (Å²) in [6.07, 6.45) is -0.0278. The first-order valence-electron chi connectivity index (χ1n) is 9.91. The summed E-state index contributed by atoms with van der Waals surface area (Å²) in [6, 6.07) is 12.4. The molecule has 8 heteroatoms. The summed E-state index contributed by atoms with van der Waals surface area (Å²) in [6.45, 7) is 4.22. The third kappa shape index (κ3) is 4.33. The number of nitrogens with one attached hydrogen (secondary N) is 2. The smallest absolute Gasteiger partial charge is 0.251 e. The first-order valence-corrected chi connectivity index (χ1v) is 10.3. The van der Waals surface area contributed by atoms with E-state index in [1.165, 1.54) is 0 Å². The Morgan fingerprint density at radius 1 is 1.19 bits per heavy atom. The van der Waals surface area contributed by atoms with Crippen molar-refractivity contribution in [1.29, 1.82) is 0 Å². The van der Waals surface area contributed by atoms with Gasteiger partial charge in [0.25, 0.3) is 5.91 Å². The molecule has 2 aromatic carbocycles. The van der Waals surface area contributed by atoms with Crippen molar-refractivity contribution in [3.63, 3.8) is 0 Å². The van der Waals surface area contributed by atoms with Gasteiger partial charge in [0.1, 0.15) is 11.9 Å². The van der Waals surface area contributed by atoms with Crippen LogP contribution < -0.4 is 10.6 Å². The van der Waals surface area contributed by atoms with Crippen molar-refractivity contribution < 1.29 is 14.3 Å². The maximum Gasteiger partial charge on any atom is 0.251 e. The van der Waals surface area contributed by atoms with Crippen LogP contribution in [0.5, 0.6) is 0 Å². The quantitative estimate of drug-likeness (QED) is 0.593. The van der Waals surface area contributed by atoms with Gasteiger partial charge in [-0.1, -0.05) is 29.8 Å². The molecule has 0 spiro atoms. The van der Waals surface area contributed by atoms with Gasteiger partial charge in [-0.05, 0) is 54.8 Å². The average molecular weight is 439 g/mol. The Balaban J connectivity index is 1.62. The van der Waals surface area contributed by atoms with E-state index >= 15 is 0 Å². The second-order valence-electron chi connectivity index (χ2n) is 7.69. The molecule has 1 aliphatic rings. The Kier molecular flexibility index (Phi) is 5.80. The minimum atomic E-state index is -0.738. The second-order valence-corrected chi connectivity index (χ2v) is 8.12. The molecule has 3 aromatic rings. The number of anilines is 2. The lowest BCUT2D eigenvalue weighted by molar-refractivity contribution is -0.123. The zero-order chi connectivity index (χ0) is 22.1. The molecule has 160 valence electrons. The zero-order valence-electron chi connectivity index (χ0n) is 17.5. The molecule has 1 unspecified atom stereocenters. The number of rotatable bonds is 6. The molecule has 7 nitrogen and oxygen atoms in total. The average Bonchev–Trinajstić information content (AvgIpc) is 3.17. The van der Waals surface area contributed by atoms with Crippen molar-refractivity contribution in [3.8, 4) is 11.1 Å². The minimum Gasteiger partial charge on any atom is -0.378 e. The normalized spacial score (nSPS) is 15.0. The molecule has 0 fully saturated rings. The monoisotopic (exact) mass is 438 g/mol. The lowest BCUT2D eigenvalue weighted by atomic mass is 10.1. The third-order valence-corrected chi connectivity index (χ3v) is 5.37. The lowest BCUT2D eigenvalue weighted by Gasteiger charge is -2.11. The highest BCUT2D eigenvalue weighted by molar-refractivity contribution is 6.30. The minimum absolute atomic E-state index is 0.0278. The molecule has 0 saturated heterocycles. The topological polar surface area (TPSA) is 85.2 Å². The SMILES string of the molecule is COCc1nn2c(c1-c1ccc(Cl)cc1)NC(=O)C2CC(=O)Nc1cc(C)cc(C)c1. The third-order valence-electron chi connectivity index (χ3n) is 5.12. The molecule has 1 aliphatic heterocycles. The van der Waals surface area contributed by atoms with E-state index in [-0.39, 0.29) is 24.8 Å². The molecule has 1 atom stereocenters. The summed E-state index contributed by atoms with van der Waals surface area (Å²) in [5.41, 5.74) is 5.13. The van der Waals surface area contributed by atoms with Gasteiger partial charge in [0.05, 0.1) is 18.7 Å². The molecule has 1 aromatic heterocycles. The predicted octanol–water partition coefficient (Wildman–Crippen LogP) is 4.49. The Morgan fingerprint density at radius 3 is 2.52 bits per heavy atom. The highest BCUT2D eigenvalue weighted by atomic mass is 35.5. The zero-order valence-corrected chi connectivity index (χ0v) is 18.3. The van der Waals surface area contributed by atoms with E-state index in [2.05, 4.69) is 15.7 Å². The van der Waals surface area contributed by atoms with Crippen LogP contribution in [0.1, 0.15) is 29.3 Å². The number of amides is 2. The fraction of sp³-hybridized carbons (Fsp3) is 0.261. The number of benzene rings is 2. The number of aromatic nitrogens is 2. The molecule has 2 N–H and O–H groups in total. The van der Waals surface area contributed by atoms with Crippen LogP contribution in [0.15, 0.2) is 42.5 Å². The number of nitrogens with zero attached hydrogens (tertiary/aromatic N) is 2. The Hall–Kier alpha value is -3.16. The van der Waals surface area contributed by atoms with Crippen molar-refractivity contribution in [2.45, 2.75) is 32.9 Å². The van der Waals surface area contributed by atoms with E-state index in [4.69, 9.17) is 16.3 Å². The highest BCUT2D eigenvalue weighted by Crippen LogP contribution is 2.39. The summed E-state index contributed by atoms with van der Waals surface area (Å²) >= 11 is 6.02. The molecule has 4 rings (SSSR count). The predicted molar refractivity (Wildman–Crippen MR) is 120 cm³/mol. The number of hydrogen-bond acceptors (Lipinski definition) is 4. The van der Waals surface area contributed by atoms with Gasteiger partial charge in [-0.2, -0.15) is 5.10 Å². The van der Waals surface area contributed by atoms with Crippen LogP contribution in [0.4, 0.5) is 11.5 Å². The number of fused-ring (bicyclic) bond motifs is 1. The highest BCUT2D eigenvalue weighted by Gasteiger charge is 2.37. The Morgan fingerprint density at radius 2 is 1.87 bits per heavy atom. The number of aryl methyl sites for hydroxylation is 2. The van der Waals surface area contributed by atoms with E-state index in [0.717, 1.165) is 22.3 Å². The van der Waals surface area contributed by atoms with Gasteiger partial charge in [-0.25, -0.2) is 4.68 Å². The molecule has 2 amide bonds. The van der Waals surface area contributed by atoms with Crippen LogP contribution in [0.3, 0.4) is 0 Å². The van der Waals surface area contributed by atoms with Gasteiger partial charge in [0.15, 0.2) is 0 Å². The molecule has 31 heavy (non-hydrogen) atoms. The van der Waals surface area contributed by atoms with Crippen LogP contribution in [0.25, 0.3) is 11.1 Å². The first kappa shape index (κ1) is 21.1. The molecule has 0 aliphatic carbocycles. The Labute approximate surface area is 185 Å². The van der Waals surface area contributed by atoms with Crippen LogP contribution in [0, 0.1) is 13.8 Å². The van der Waals surface area contributed by atoms with Gasteiger partial charge in [0.2, 0.25) is 5.91 Å². The van der Waals surface area contributed by atoms with Gasteiger partial charge in [-0.3, -0.25) is 9.59 Å². The van der Waals surface area contributed by atoms with Gasteiger partial charge in [-0.15, -0.1) is 0 Å². The van der Waals surface area contributed by atoms with Crippen molar-refractivity contribution in [1.82, 2.24) is 9.78 Å². The number of hydrogen-bond donors (Lipinski definition) is 2. The van der Waals surface area contributed by atoms with Crippen LogP contribution in [0.2, 0.25) is 5.02 Å². The number of carbonyl (C=O) groups excluding carboxylic acids is 2. The molecule has 2 heterocycles. The first-order chi connectivity index (χ1) is 14.9.